The van der Waals surface area contributed by atoms with Crippen molar-refractivity contribution in [3.05, 3.63) is 65.5 Å². The molecule has 0 saturated carbocycles. The minimum absolute atomic E-state index is 0.0734. The zero-order valence-electron chi connectivity index (χ0n) is 12.9. The Balaban J connectivity index is 2.00. The first-order chi connectivity index (χ1) is 11.1. The second-order valence-corrected chi connectivity index (χ2v) is 4.64. The molecule has 0 spiro atoms. The summed E-state index contributed by atoms with van der Waals surface area (Å²) in [6, 6.07) is 11.3. The summed E-state index contributed by atoms with van der Waals surface area (Å²) in [5.41, 5.74) is 1.22. The summed E-state index contributed by atoms with van der Waals surface area (Å²) < 4.78 is 28.6. The molecule has 0 bridgehead atoms. The third-order valence-corrected chi connectivity index (χ3v) is 3.15. The second-order valence-electron chi connectivity index (χ2n) is 4.64. The molecule has 0 aliphatic carbocycles. The SMILES string of the molecule is COc1ccccc1/C=C/C(=O)OCc1cc(F)ccc1OC. The van der Waals surface area contributed by atoms with Crippen LogP contribution in [0.25, 0.3) is 6.08 Å². The normalized spacial score (nSPS) is 10.6. The van der Waals surface area contributed by atoms with Crippen LogP contribution in [-0.2, 0) is 16.1 Å². The lowest BCUT2D eigenvalue weighted by atomic mass is 10.2. The van der Waals surface area contributed by atoms with Crippen LogP contribution in [0.15, 0.2) is 48.5 Å². The highest BCUT2D eigenvalue weighted by Crippen LogP contribution is 2.21. The van der Waals surface area contributed by atoms with Gasteiger partial charge in [0.2, 0.25) is 0 Å². The fraction of sp³-hybridized carbons (Fsp3) is 0.167. The van der Waals surface area contributed by atoms with Crippen LogP contribution < -0.4 is 9.47 Å². The van der Waals surface area contributed by atoms with Crippen molar-refractivity contribution in [3.8, 4) is 11.5 Å². The first-order valence-corrected chi connectivity index (χ1v) is 6.94. The molecule has 0 aliphatic heterocycles. The standard InChI is InChI=1S/C18H17FO4/c1-21-16-6-4-3-5-13(16)7-10-18(20)23-12-14-11-15(19)8-9-17(14)22-2/h3-11H,12H2,1-2H3/b10-7+. The molecule has 0 radical (unpaired) electrons. The number of halogens is 1. The molecule has 23 heavy (non-hydrogen) atoms. The predicted molar refractivity (Wildman–Crippen MR) is 84.8 cm³/mol. The van der Waals surface area contributed by atoms with Gasteiger partial charge in [-0.15, -0.1) is 0 Å². The van der Waals surface area contributed by atoms with E-state index in [9.17, 15) is 9.18 Å². The molecule has 0 heterocycles. The van der Waals surface area contributed by atoms with Gasteiger partial charge in [-0.05, 0) is 30.3 Å². The van der Waals surface area contributed by atoms with E-state index in [0.717, 1.165) is 5.56 Å². The van der Waals surface area contributed by atoms with Gasteiger partial charge >= 0.3 is 5.97 Å². The van der Waals surface area contributed by atoms with Gasteiger partial charge in [-0.2, -0.15) is 0 Å². The van der Waals surface area contributed by atoms with E-state index in [2.05, 4.69) is 0 Å². The quantitative estimate of drug-likeness (QED) is 0.603. The number of benzene rings is 2. The molecule has 120 valence electrons. The van der Waals surface area contributed by atoms with Crippen LogP contribution >= 0.6 is 0 Å². The van der Waals surface area contributed by atoms with Crippen LogP contribution in [0.3, 0.4) is 0 Å². The zero-order chi connectivity index (χ0) is 16.7. The number of hydrogen-bond donors (Lipinski definition) is 0. The van der Waals surface area contributed by atoms with E-state index < -0.39 is 11.8 Å². The monoisotopic (exact) mass is 316 g/mol. The lowest BCUT2D eigenvalue weighted by Crippen LogP contribution is -2.03. The maximum absolute atomic E-state index is 13.2. The van der Waals surface area contributed by atoms with Crippen molar-refractivity contribution >= 4 is 12.0 Å². The Hall–Kier alpha value is -2.82. The minimum Gasteiger partial charge on any atom is -0.496 e. The van der Waals surface area contributed by atoms with E-state index in [0.29, 0.717) is 17.1 Å². The lowest BCUT2D eigenvalue weighted by molar-refractivity contribution is -0.138. The van der Waals surface area contributed by atoms with E-state index in [-0.39, 0.29) is 6.61 Å². The van der Waals surface area contributed by atoms with Crippen molar-refractivity contribution < 1.29 is 23.4 Å². The van der Waals surface area contributed by atoms with Gasteiger partial charge in [0, 0.05) is 17.2 Å². The summed E-state index contributed by atoms with van der Waals surface area (Å²) in [6.07, 6.45) is 2.90. The number of para-hydroxylation sites is 1. The highest BCUT2D eigenvalue weighted by molar-refractivity contribution is 5.87. The summed E-state index contributed by atoms with van der Waals surface area (Å²) in [7, 11) is 3.03. The molecule has 0 unspecified atom stereocenters. The van der Waals surface area contributed by atoms with E-state index in [1.165, 1.54) is 31.4 Å². The number of carbonyl (C=O) groups excluding carboxylic acids is 1. The number of esters is 1. The van der Waals surface area contributed by atoms with Gasteiger partial charge in [-0.25, -0.2) is 9.18 Å². The Labute approximate surface area is 134 Å². The van der Waals surface area contributed by atoms with E-state index in [1.54, 1.807) is 19.3 Å². The average molecular weight is 316 g/mol. The van der Waals surface area contributed by atoms with Crippen molar-refractivity contribution in [2.24, 2.45) is 0 Å². The van der Waals surface area contributed by atoms with E-state index in [4.69, 9.17) is 14.2 Å². The number of methoxy groups -OCH3 is 2. The maximum atomic E-state index is 13.2. The molecule has 0 aromatic heterocycles. The van der Waals surface area contributed by atoms with Crippen LogP contribution in [-0.4, -0.2) is 20.2 Å². The summed E-state index contributed by atoms with van der Waals surface area (Å²) in [5.74, 6) is 0.167. The lowest BCUT2D eigenvalue weighted by Gasteiger charge is -2.08. The molecule has 2 aromatic rings. The van der Waals surface area contributed by atoms with Gasteiger partial charge in [0.25, 0.3) is 0 Å². The molecule has 2 aromatic carbocycles. The summed E-state index contributed by atoms with van der Waals surface area (Å²) >= 11 is 0. The highest BCUT2D eigenvalue weighted by atomic mass is 19.1. The number of rotatable bonds is 6. The zero-order valence-corrected chi connectivity index (χ0v) is 12.9. The third-order valence-electron chi connectivity index (χ3n) is 3.15. The molecule has 5 heteroatoms. The third kappa shape index (κ3) is 4.57. The van der Waals surface area contributed by atoms with Crippen LogP contribution in [0.2, 0.25) is 0 Å². The minimum atomic E-state index is -0.540. The van der Waals surface area contributed by atoms with Crippen LogP contribution in [0.4, 0.5) is 4.39 Å². The molecule has 0 atom stereocenters. The number of carbonyl (C=O) groups is 1. The van der Waals surface area contributed by atoms with Crippen LogP contribution in [0, 0.1) is 5.82 Å². The Kier molecular flexibility index (Phi) is 5.74. The summed E-state index contributed by atoms with van der Waals surface area (Å²) in [5, 5.41) is 0. The van der Waals surface area contributed by atoms with E-state index >= 15 is 0 Å². The second kappa shape index (κ2) is 7.98. The fourth-order valence-corrected chi connectivity index (χ4v) is 2.02. The predicted octanol–water partition coefficient (Wildman–Crippen LogP) is 3.60. The summed E-state index contributed by atoms with van der Waals surface area (Å²) in [4.78, 5) is 11.8. The Bertz CT molecular complexity index is 710. The molecule has 0 fully saturated rings. The van der Waals surface area contributed by atoms with Gasteiger partial charge in [0.05, 0.1) is 14.2 Å². The largest absolute Gasteiger partial charge is 0.496 e. The van der Waals surface area contributed by atoms with Gasteiger partial charge in [-0.3, -0.25) is 0 Å². The topological polar surface area (TPSA) is 44.8 Å². The molecule has 2 rings (SSSR count). The number of hydrogen-bond acceptors (Lipinski definition) is 4. The molecule has 4 nitrogen and oxygen atoms in total. The van der Waals surface area contributed by atoms with Crippen LogP contribution in [0.5, 0.6) is 11.5 Å². The van der Waals surface area contributed by atoms with Gasteiger partial charge < -0.3 is 14.2 Å². The summed E-state index contributed by atoms with van der Waals surface area (Å²) in [6.45, 7) is -0.0734. The highest BCUT2D eigenvalue weighted by Gasteiger charge is 2.07. The Morgan fingerprint density at radius 1 is 1.09 bits per heavy atom. The number of ether oxygens (including phenoxy) is 3. The van der Waals surface area contributed by atoms with Crippen molar-refractivity contribution in [2.45, 2.75) is 6.61 Å². The van der Waals surface area contributed by atoms with Crippen molar-refractivity contribution in [1.82, 2.24) is 0 Å². The molecular formula is C18H17FO4. The molecule has 0 N–H and O–H groups in total. The molecule has 0 aliphatic rings. The first-order valence-electron chi connectivity index (χ1n) is 6.94. The van der Waals surface area contributed by atoms with Crippen molar-refractivity contribution in [1.29, 1.82) is 0 Å². The van der Waals surface area contributed by atoms with Crippen molar-refractivity contribution in [3.63, 3.8) is 0 Å². The first kappa shape index (κ1) is 16.5. The van der Waals surface area contributed by atoms with Gasteiger partial charge in [0.15, 0.2) is 0 Å². The Morgan fingerprint density at radius 3 is 2.57 bits per heavy atom. The average Bonchev–Trinajstić information content (AvgIpc) is 2.58. The van der Waals surface area contributed by atoms with Gasteiger partial charge in [0.1, 0.15) is 23.9 Å². The van der Waals surface area contributed by atoms with E-state index in [1.807, 2.05) is 18.2 Å². The van der Waals surface area contributed by atoms with Crippen LogP contribution in [0.1, 0.15) is 11.1 Å². The van der Waals surface area contributed by atoms with Crippen molar-refractivity contribution in [2.75, 3.05) is 14.2 Å². The smallest absolute Gasteiger partial charge is 0.331 e. The fourth-order valence-electron chi connectivity index (χ4n) is 2.02. The Morgan fingerprint density at radius 2 is 1.83 bits per heavy atom. The molecule has 0 amide bonds. The maximum Gasteiger partial charge on any atom is 0.331 e. The molecule has 0 saturated heterocycles. The van der Waals surface area contributed by atoms with Gasteiger partial charge in [-0.1, -0.05) is 18.2 Å². The molecular weight excluding hydrogens is 299 g/mol.